The number of urea groups is 1. The monoisotopic (exact) mass is 349 g/mol. The van der Waals surface area contributed by atoms with Crippen molar-refractivity contribution < 1.29 is 9.53 Å². The second-order valence-corrected chi connectivity index (χ2v) is 6.13. The Balaban J connectivity index is 1.47. The fraction of sp³-hybridized carbons (Fsp3) is 0.190. The van der Waals surface area contributed by atoms with Gasteiger partial charge < -0.3 is 19.9 Å². The Bertz CT molecular complexity index is 855. The summed E-state index contributed by atoms with van der Waals surface area (Å²) >= 11 is 0. The minimum absolute atomic E-state index is 0.234. The molecule has 0 fully saturated rings. The van der Waals surface area contributed by atoms with Crippen LogP contribution in [0, 0.1) is 6.92 Å². The summed E-state index contributed by atoms with van der Waals surface area (Å²) in [5, 5.41) is 5.69. The van der Waals surface area contributed by atoms with Crippen LogP contribution in [-0.4, -0.2) is 10.6 Å². The summed E-state index contributed by atoms with van der Waals surface area (Å²) in [6.45, 7) is 3.03. The van der Waals surface area contributed by atoms with Crippen molar-refractivity contribution in [3.05, 3.63) is 83.7 Å². The molecule has 0 aliphatic heterocycles. The van der Waals surface area contributed by atoms with Crippen molar-refractivity contribution in [1.29, 1.82) is 0 Å². The van der Waals surface area contributed by atoms with Gasteiger partial charge in [0.05, 0.1) is 6.54 Å². The molecule has 0 aliphatic rings. The van der Waals surface area contributed by atoms with Gasteiger partial charge in [-0.25, -0.2) is 4.79 Å². The smallest absolute Gasteiger partial charge is 0.319 e. The Morgan fingerprint density at radius 3 is 2.38 bits per heavy atom. The average molecular weight is 349 g/mol. The maximum absolute atomic E-state index is 12.0. The Kier molecular flexibility index (Phi) is 5.59. The number of hydrogen-bond acceptors (Lipinski definition) is 2. The van der Waals surface area contributed by atoms with Crippen LogP contribution in [0.25, 0.3) is 0 Å². The van der Waals surface area contributed by atoms with Crippen LogP contribution in [0.1, 0.15) is 17.0 Å². The number of aryl methyl sites for hydroxylation is 1. The van der Waals surface area contributed by atoms with E-state index < -0.39 is 0 Å². The number of ether oxygens (including phenoxy) is 1. The van der Waals surface area contributed by atoms with E-state index in [0.29, 0.717) is 13.2 Å². The standard InChI is InChI=1S/C21H23N3O2/c1-16-8-11-19(24(16)2)14-22-21(25)23-18-9-12-20(13-10-18)26-15-17-6-4-3-5-7-17/h3-13H,14-15H2,1-2H3,(H2,22,23,25). The van der Waals surface area contributed by atoms with E-state index in [2.05, 4.69) is 15.2 Å². The summed E-state index contributed by atoms with van der Waals surface area (Å²) < 4.78 is 7.80. The topological polar surface area (TPSA) is 55.3 Å². The predicted octanol–water partition coefficient (Wildman–Crippen LogP) is 4.23. The van der Waals surface area contributed by atoms with Crippen LogP contribution in [-0.2, 0) is 20.2 Å². The van der Waals surface area contributed by atoms with Crippen molar-refractivity contribution in [2.45, 2.75) is 20.1 Å². The number of anilines is 1. The van der Waals surface area contributed by atoms with Gasteiger partial charge in [-0.2, -0.15) is 0 Å². The molecule has 0 spiro atoms. The summed E-state index contributed by atoms with van der Waals surface area (Å²) in [7, 11) is 1.98. The van der Waals surface area contributed by atoms with Gasteiger partial charge in [0.1, 0.15) is 12.4 Å². The third-order valence-corrected chi connectivity index (χ3v) is 4.27. The molecule has 2 amide bonds. The minimum Gasteiger partial charge on any atom is -0.489 e. The molecule has 0 saturated heterocycles. The number of nitrogens with one attached hydrogen (secondary N) is 2. The molecule has 5 nitrogen and oxygen atoms in total. The van der Waals surface area contributed by atoms with Crippen LogP contribution in [0.5, 0.6) is 5.75 Å². The van der Waals surface area contributed by atoms with Crippen LogP contribution >= 0.6 is 0 Å². The molecule has 2 N–H and O–H groups in total. The first-order valence-corrected chi connectivity index (χ1v) is 8.54. The van der Waals surface area contributed by atoms with Crippen molar-refractivity contribution in [3.63, 3.8) is 0 Å². The van der Waals surface area contributed by atoms with Gasteiger partial charge in [-0.15, -0.1) is 0 Å². The van der Waals surface area contributed by atoms with E-state index in [-0.39, 0.29) is 6.03 Å². The number of carbonyl (C=O) groups is 1. The summed E-state index contributed by atoms with van der Waals surface area (Å²) in [6, 6.07) is 21.1. The molecule has 0 atom stereocenters. The van der Waals surface area contributed by atoms with Gasteiger partial charge in [0.25, 0.3) is 0 Å². The van der Waals surface area contributed by atoms with E-state index in [4.69, 9.17) is 4.74 Å². The lowest BCUT2D eigenvalue weighted by Crippen LogP contribution is -2.28. The lowest BCUT2D eigenvalue weighted by Gasteiger charge is -2.10. The molecule has 0 saturated carbocycles. The van der Waals surface area contributed by atoms with Crippen molar-refractivity contribution >= 4 is 11.7 Å². The number of benzene rings is 2. The number of carbonyl (C=O) groups excluding carboxylic acids is 1. The van der Waals surface area contributed by atoms with E-state index in [0.717, 1.165) is 28.4 Å². The second-order valence-electron chi connectivity index (χ2n) is 6.13. The van der Waals surface area contributed by atoms with Crippen LogP contribution in [0.3, 0.4) is 0 Å². The molecule has 0 unspecified atom stereocenters. The van der Waals surface area contributed by atoms with Crippen molar-refractivity contribution in [2.24, 2.45) is 7.05 Å². The van der Waals surface area contributed by atoms with Crippen molar-refractivity contribution in [1.82, 2.24) is 9.88 Å². The molecule has 0 bridgehead atoms. The molecule has 5 heteroatoms. The van der Waals surface area contributed by atoms with Crippen molar-refractivity contribution in [3.8, 4) is 5.75 Å². The van der Waals surface area contributed by atoms with E-state index in [9.17, 15) is 4.79 Å². The maximum Gasteiger partial charge on any atom is 0.319 e. The van der Waals surface area contributed by atoms with E-state index in [1.807, 2.05) is 80.7 Å². The maximum atomic E-state index is 12.0. The Morgan fingerprint density at radius 1 is 1.00 bits per heavy atom. The Morgan fingerprint density at radius 2 is 1.73 bits per heavy atom. The molecular weight excluding hydrogens is 326 g/mol. The molecule has 0 radical (unpaired) electrons. The summed E-state index contributed by atoms with van der Waals surface area (Å²) in [4.78, 5) is 12.0. The zero-order valence-corrected chi connectivity index (χ0v) is 15.0. The largest absolute Gasteiger partial charge is 0.489 e. The minimum atomic E-state index is -0.234. The van der Waals surface area contributed by atoms with Crippen LogP contribution in [0.2, 0.25) is 0 Å². The van der Waals surface area contributed by atoms with Gasteiger partial charge in [-0.1, -0.05) is 30.3 Å². The zero-order valence-electron chi connectivity index (χ0n) is 15.0. The van der Waals surface area contributed by atoms with E-state index in [1.54, 1.807) is 0 Å². The Labute approximate surface area is 153 Å². The molecule has 134 valence electrons. The SMILES string of the molecule is Cc1ccc(CNC(=O)Nc2ccc(OCc3ccccc3)cc2)n1C. The summed E-state index contributed by atoms with van der Waals surface area (Å²) in [5.41, 5.74) is 4.05. The quantitative estimate of drug-likeness (QED) is 0.699. The molecule has 26 heavy (non-hydrogen) atoms. The molecule has 1 aromatic heterocycles. The van der Waals surface area contributed by atoms with Gasteiger partial charge in [0, 0.05) is 24.1 Å². The highest BCUT2D eigenvalue weighted by Gasteiger charge is 2.05. The molecular formula is C21H23N3O2. The molecule has 3 aromatic rings. The van der Waals surface area contributed by atoms with Gasteiger partial charge >= 0.3 is 6.03 Å². The highest BCUT2D eigenvalue weighted by atomic mass is 16.5. The van der Waals surface area contributed by atoms with E-state index in [1.165, 1.54) is 0 Å². The van der Waals surface area contributed by atoms with Crippen LogP contribution in [0.15, 0.2) is 66.7 Å². The fourth-order valence-electron chi connectivity index (χ4n) is 2.57. The van der Waals surface area contributed by atoms with Gasteiger partial charge in [-0.3, -0.25) is 0 Å². The van der Waals surface area contributed by atoms with Gasteiger partial charge in [0.2, 0.25) is 0 Å². The predicted molar refractivity (Wildman–Crippen MR) is 103 cm³/mol. The average Bonchev–Trinajstić information content (AvgIpc) is 2.99. The lowest BCUT2D eigenvalue weighted by atomic mass is 10.2. The summed E-state index contributed by atoms with van der Waals surface area (Å²) in [5.74, 6) is 0.763. The van der Waals surface area contributed by atoms with E-state index >= 15 is 0 Å². The van der Waals surface area contributed by atoms with Gasteiger partial charge in [0.15, 0.2) is 0 Å². The van der Waals surface area contributed by atoms with Gasteiger partial charge in [-0.05, 0) is 48.9 Å². The first-order chi connectivity index (χ1) is 12.6. The normalized spacial score (nSPS) is 10.4. The number of amides is 2. The van der Waals surface area contributed by atoms with Crippen LogP contribution < -0.4 is 15.4 Å². The third-order valence-electron chi connectivity index (χ3n) is 4.27. The number of aromatic nitrogens is 1. The number of nitrogens with zero attached hydrogens (tertiary/aromatic N) is 1. The zero-order chi connectivity index (χ0) is 18.4. The molecule has 2 aromatic carbocycles. The summed E-state index contributed by atoms with van der Waals surface area (Å²) in [6.07, 6.45) is 0. The highest BCUT2D eigenvalue weighted by molar-refractivity contribution is 5.89. The number of rotatable bonds is 6. The first-order valence-electron chi connectivity index (χ1n) is 8.54. The molecule has 0 aliphatic carbocycles. The number of hydrogen-bond donors (Lipinski definition) is 2. The Hall–Kier alpha value is -3.21. The lowest BCUT2D eigenvalue weighted by molar-refractivity contribution is 0.251. The fourth-order valence-corrected chi connectivity index (χ4v) is 2.57. The van der Waals surface area contributed by atoms with Crippen molar-refractivity contribution in [2.75, 3.05) is 5.32 Å². The second kappa shape index (κ2) is 8.25. The third kappa shape index (κ3) is 4.66. The molecule has 3 rings (SSSR count). The highest BCUT2D eigenvalue weighted by Crippen LogP contribution is 2.17. The molecule has 1 heterocycles. The van der Waals surface area contributed by atoms with Crippen LogP contribution in [0.4, 0.5) is 10.5 Å². The first kappa shape index (κ1) is 17.6.